The summed E-state index contributed by atoms with van der Waals surface area (Å²) in [6.45, 7) is 4.71. The Hall–Kier alpha value is -4.65. The van der Waals surface area contributed by atoms with Gasteiger partial charge in [0.1, 0.15) is 11.6 Å². The predicted octanol–water partition coefficient (Wildman–Crippen LogP) is 6.23. The van der Waals surface area contributed by atoms with Crippen molar-refractivity contribution in [1.82, 2.24) is 24.6 Å². The lowest BCUT2D eigenvalue weighted by Gasteiger charge is -2.31. The van der Waals surface area contributed by atoms with Crippen LogP contribution in [-0.2, 0) is 13.1 Å². The number of carbonyl (C=O) groups excluding carboxylic acids is 1. The molecular formula is C31H28FN5O. The zero-order valence-electron chi connectivity index (χ0n) is 21.3. The van der Waals surface area contributed by atoms with Gasteiger partial charge in [0.2, 0.25) is 0 Å². The lowest BCUT2D eigenvalue weighted by Crippen LogP contribution is -2.41. The molecule has 0 saturated carbocycles. The van der Waals surface area contributed by atoms with Crippen molar-refractivity contribution in [2.45, 2.75) is 33.0 Å². The minimum atomic E-state index is -0.505. The smallest absolute Gasteiger partial charge is 0.318 e. The number of amides is 2. The van der Waals surface area contributed by atoms with Crippen molar-refractivity contribution in [3.63, 3.8) is 0 Å². The molecule has 1 N–H and O–H groups in total. The SMILES string of the molecule is Cc1ccc(CNC(=O)N2Cc3c(C)nn(-c4ccccc4)c3-n3cccc3[C@H]2c2cccc(F)c2)cc1. The highest BCUT2D eigenvalue weighted by Gasteiger charge is 2.36. The number of hydrogen-bond acceptors (Lipinski definition) is 2. The van der Waals surface area contributed by atoms with E-state index in [0.29, 0.717) is 18.7 Å². The topological polar surface area (TPSA) is 55.1 Å². The van der Waals surface area contributed by atoms with E-state index in [-0.39, 0.29) is 11.8 Å². The van der Waals surface area contributed by atoms with Gasteiger partial charge in [-0.1, -0.05) is 60.2 Å². The molecule has 5 aromatic rings. The number of hydrogen-bond donors (Lipinski definition) is 1. The number of halogens is 1. The number of urea groups is 1. The molecule has 0 saturated heterocycles. The van der Waals surface area contributed by atoms with Crippen LogP contribution in [0.4, 0.5) is 9.18 Å². The third-order valence-electron chi connectivity index (χ3n) is 7.08. The van der Waals surface area contributed by atoms with Gasteiger partial charge >= 0.3 is 6.03 Å². The highest BCUT2D eigenvalue weighted by atomic mass is 19.1. The van der Waals surface area contributed by atoms with Gasteiger partial charge in [-0.3, -0.25) is 0 Å². The fraction of sp³-hybridized carbons (Fsp3) is 0.161. The van der Waals surface area contributed by atoms with Gasteiger partial charge in [0.25, 0.3) is 0 Å². The van der Waals surface area contributed by atoms with Crippen molar-refractivity contribution in [3.05, 3.63) is 137 Å². The molecule has 0 bridgehead atoms. The van der Waals surface area contributed by atoms with Crippen LogP contribution in [0.15, 0.2) is 97.2 Å². The van der Waals surface area contributed by atoms with Crippen molar-refractivity contribution in [3.8, 4) is 11.5 Å². The molecule has 3 heterocycles. The molecule has 2 aromatic heterocycles. The molecule has 0 radical (unpaired) electrons. The number of para-hydroxylation sites is 1. The van der Waals surface area contributed by atoms with Crippen molar-refractivity contribution in [1.29, 1.82) is 0 Å². The minimum Gasteiger partial charge on any atom is -0.334 e. The molecular weight excluding hydrogens is 477 g/mol. The van der Waals surface area contributed by atoms with Crippen LogP contribution in [0.1, 0.15) is 39.7 Å². The van der Waals surface area contributed by atoms with Crippen LogP contribution in [0, 0.1) is 19.7 Å². The molecule has 1 aliphatic rings. The second kappa shape index (κ2) is 9.67. The fourth-order valence-corrected chi connectivity index (χ4v) is 5.16. The van der Waals surface area contributed by atoms with Crippen LogP contribution >= 0.6 is 0 Å². The Labute approximate surface area is 221 Å². The quantitative estimate of drug-likeness (QED) is 0.315. The molecule has 0 unspecified atom stereocenters. The van der Waals surface area contributed by atoms with E-state index in [2.05, 4.69) is 9.88 Å². The predicted molar refractivity (Wildman–Crippen MR) is 145 cm³/mol. The lowest BCUT2D eigenvalue weighted by atomic mass is 10.0. The van der Waals surface area contributed by atoms with Crippen molar-refractivity contribution in [2.75, 3.05) is 0 Å². The van der Waals surface area contributed by atoms with E-state index < -0.39 is 6.04 Å². The molecule has 2 amide bonds. The highest BCUT2D eigenvalue weighted by molar-refractivity contribution is 5.76. The Kier molecular flexibility index (Phi) is 6.04. The molecule has 1 atom stereocenters. The van der Waals surface area contributed by atoms with Gasteiger partial charge in [0, 0.05) is 18.3 Å². The van der Waals surface area contributed by atoms with Gasteiger partial charge in [0.05, 0.1) is 29.7 Å². The number of fused-ring (bicyclic) bond motifs is 3. The number of rotatable bonds is 4. The maximum Gasteiger partial charge on any atom is 0.318 e. The van der Waals surface area contributed by atoms with Crippen LogP contribution in [-0.4, -0.2) is 25.3 Å². The van der Waals surface area contributed by atoms with Crippen molar-refractivity contribution in [2.24, 2.45) is 0 Å². The Bertz CT molecular complexity index is 1600. The molecule has 6 nitrogen and oxygen atoms in total. The molecule has 6 rings (SSSR count). The van der Waals surface area contributed by atoms with E-state index in [1.807, 2.05) is 97.5 Å². The van der Waals surface area contributed by atoms with Gasteiger partial charge in [0.15, 0.2) is 0 Å². The summed E-state index contributed by atoms with van der Waals surface area (Å²) in [6.07, 6.45) is 1.98. The summed E-state index contributed by atoms with van der Waals surface area (Å²) < 4.78 is 18.5. The van der Waals surface area contributed by atoms with Crippen LogP contribution < -0.4 is 5.32 Å². The molecule has 0 aliphatic carbocycles. The monoisotopic (exact) mass is 505 g/mol. The Morgan fingerprint density at radius 1 is 0.974 bits per heavy atom. The first kappa shape index (κ1) is 23.7. The number of aromatic nitrogens is 3. The van der Waals surface area contributed by atoms with E-state index in [1.54, 1.807) is 11.0 Å². The zero-order chi connectivity index (χ0) is 26.2. The number of carbonyl (C=O) groups is 1. The summed E-state index contributed by atoms with van der Waals surface area (Å²) in [6, 6.07) is 27.7. The van der Waals surface area contributed by atoms with Crippen molar-refractivity contribution < 1.29 is 9.18 Å². The lowest BCUT2D eigenvalue weighted by molar-refractivity contribution is 0.180. The second-order valence-electron chi connectivity index (χ2n) is 9.67. The van der Waals surface area contributed by atoms with E-state index >= 15 is 0 Å². The first-order valence-corrected chi connectivity index (χ1v) is 12.7. The van der Waals surface area contributed by atoms with E-state index in [1.165, 1.54) is 12.1 Å². The summed E-state index contributed by atoms with van der Waals surface area (Å²) in [5.41, 5.74) is 6.44. The van der Waals surface area contributed by atoms with Gasteiger partial charge in [-0.05, 0) is 61.4 Å². The average Bonchev–Trinajstić information content (AvgIpc) is 3.49. The first-order valence-electron chi connectivity index (χ1n) is 12.7. The molecule has 1 aliphatic heterocycles. The number of benzene rings is 3. The Morgan fingerprint density at radius 3 is 2.53 bits per heavy atom. The largest absolute Gasteiger partial charge is 0.334 e. The zero-order valence-corrected chi connectivity index (χ0v) is 21.3. The number of nitrogens with zero attached hydrogens (tertiary/aromatic N) is 4. The summed E-state index contributed by atoms with van der Waals surface area (Å²) >= 11 is 0. The van der Waals surface area contributed by atoms with Gasteiger partial charge in [-0.25, -0.2) is 13.9 Å². The maximum atomic E-state index is 14.5. The van der Waals surface area contributed by atoms with E-state index in [0.717, 1.165) is 39.6 Å². The second-order valence-corrected chi connectivity index (χ2v) is 9.67. The highest BCUT2D eigenvalue weighted by Crippen LogP contribution is 2.38. The number of aryl methyl sites for hydroxylation is 2. The van der Waals surface area contributed by atoms with Gasteiger partial charge < -0.3 is 14.8 Å². The van der Waals surface area contributed by atoms with Gasteiger partial charge in [-0.2, -0.15) is 5.10 Å². The molecule has 0 spiro atoms. The maximum absolute atomic E-state index is 14.5. The average molecular weight is 506 g/mol. The van der Waals surface area contributed by atoms with E-state index in [9.17, 15) is 9.18 Å². The molecule has 190 valence electrons. The minimum absolute atomic E-state index is 0.229. The summed E-state index contributed by atoms with van der Waals surface area (Å²) in [7, 11) is 0. The van der Waals surface area contributed by atoms with E-state index in [4.69, 9.17) is 5.10 Å². The third kappa shape index (κ3) is 4.26. The molecule has 7 heteroatoms. The van der Waals surface area contributed by atoms with Crippen LogP contribution in [0.25, 0.3) is 11.5 Å². The summed E-state index contributed by atoms with van der Waals surface area (Å²) in [4.78, 5) is 15.7. The number of nitrogens with one attached hydrogen (secondary N) is 1. The van der Waals surface area contributed by atoms with Gasteiger partial charge in [-0.15, -0.1) is 0 Å². The standard InChI is InChI=1S/C31H28FN5O/c1-21-13-15-23(16-14-21)19-33-31(38)36-20-27-22(2)34-37(26-10-4-3-5-11-26)30(27)35-17-7-12-28(35)29(36)24-8-6-9-25(32)18-24/h3-18,29H,19-20H2,1-2H3,(H,33,38)/t29-/m1/s1. The first-order chi connectivity index (χ1) is 18.5. The van der Waals surface area contributed by atoms with Crippen LogP contribution in [0.3, 0.4) is 0 Å². The van der Waals surface area contributed by atoms with Crippen LogP contribution in [0.5, 0.6) is 0 Å². The third-order valence-corrected chi connectivity index (χ3v) is 7.08. The Balaban J connectivity index is 1.47. The summed E-state index contributed by atoms with van der Waals surface area (Å²) in [5.74, 6) is 0.540. The molecule has 0 fully saturated rings. The fourth-order valence-electron chi connectivity index (χ4n) is 5.16. The van der Waals surface area contributed by atoms with Crippen LogP contribution in [0.2, 0.25) is 0 Å². The summed E-state index contributed by atoms with van der Waals surface area (Å²) in [5, 5.41) is 7.97. The molecule has 3 aromatic carbocycles. The van der Waals surface area contributed by atoms with Crippen molar-refractivity contribution >= 4 is 6.03 Å². The normalized spacial score (nSPS) is 14.5. The molecule has 38 heavy (non-hydrogen) atoms. The Morgan fingerprint density at radius 2 is 1.76 bits per heavy atom.